The highest BCUT2D eigenvalue weighted by Gasteiger charge is 2.23. The summed E-state index contributed by atoms with van der Waals surface area (Å²) in [7, 11) is 0. The van der Waals surface area contributed by atoms with Crippen LogP contribution >= 0.6 is 11.6 Å². The predicted molar refractivity (Wildman–Crippen MR) is 64.0 cm³/mol. The van der Waals surface area contributed by atoms with Gasteiger partial charge in [0.15, 0.2) is 0 Å². The maximum absolute atomic E-state index is 12.8. The Morgan fingerprint density at radius 3 is 2.62 bits per heavy atom. The van der Waals surface area contributed by atoms with Crippen molar-refractivity contribution in [1.82, 2.24) is 5.32 Å². The van der Waals surface area contributed by atoms with Gasteiger partial charge in [0.05, 0.1) is 6.10 Å². The van der Waals surface area contributed by atoms with Gasteiger partial charge < -0.3 is 10.4 Å². The first-order valence-corrected chi connectivity index (χ1v) is 5.58. The van der Waals surface area contributed by atoms with Gasteiger partial charge in [-0.1, -0.05) is 17.7 Å². The fraction of sp³-hybridized carbons (Fsp3) is 0.500. The third-order valence-corrected chi connectivity index (χ3v) is 3.15. The van der Waals surface area contributed by atoms with Crippen LogP contribution in [0.15, 0.2) is 18.2 Å². The monoisotopic (exact) mass is 245 g/mol. The van der Waals surface area contributed by atoms with Crippen LogP contribution in [0.3, 0.4) is 0 Å². The molecule has 2 nitrogen and oxygen atoms in total. The van der Waals surface area contributed by atoms with Gasteiger partial charge in [-0.2, -0.15) is 0 Å². The van der Waals surface area contributed by atoms with Crippen molar-refractivity contribution in [3.05, 3.63) is 34.6 Å². The van der Waals surface area contributed by atoms with Crippen molar-refractivity contribution in [3.8, 4) is 0 Å². The first-order valence-electron chi connectivity index (χ1n) is 5.20. The molecule has 1 aromatic rings. The predicted octanol–water partition coefficient (Wildman–Crippen LogP) is 2.73. The molecule has 0 radical (unpaired) electrons. The lowest BCUT2D eigenvalue weighted by molar-refractivity contribution is 0.0956. The summed E-state index contributed by atoms with van der Waals surface area (Å²) in [6.07, 6.45) is -0.480. The minimum absolute atomic E-state index is 0.344. The average Bonchev–Trinajstić information content (AvgIpc) is 2.16. The summed E-state index contributed by atoms with van der Waals surface area (Å²) in [5.74, 6) is -0.344. The standard InChI is InChI=1S/C12H17ClFNO/c1-8(16)12(2,3)15-7-9-4-5-10(14)6-11(9)13/h4-6,8,15-16H,7H2,1-3H3. The first kappa shape index (κ1) is 13.4. The molecule has 1 aromatic carbocycles. The van der Waals surface area contributed by atoms with Crippen LogP contribution in [0.4, 0.5) is 4.39 Å². The highest BCUT2D eigenvalue weighted by atomic mass is 35.5. The summed E-state index contributed by atoms with van der Waals surface area (Å²) >= 11 is 5.90. The van der Waals surface area contributed by atoms with E-state index < -0.39 is 11.6 Å². The number of aliphatic hydroxyl groups is 1. The Morgan fingerprint density at radius 1 is 1.50 bits per heavy atom. The molecule has 2 N–H and O–H groups in total. The summed E-state index contributed by atoms with van der Waals surface area (Å²) < 4.78 is 12.8. The van der Waals surface area contributed by atoms with E-state index in [-0.39, 0.29) is 5.82 Å². The molecular formula is C12H17ClFNO. The van der Waals surface area contributed by atoms with Crippen molar-refractivity contribution in [2.24, 2.45) is 0 Å². The lowest BCUT2D eigenvalue weighted by Crippen LogP contribution is -2.47. The molecule has 1 atom stereocenters. The van der Waals surface area contributed by atoms with Gasteiger partial charge in [-0.3, -0.25) is 0 Å². The highest BCUT2D eigenvalue weighted by molar-refractivity contribution is 6.31. The minimum atomic E-state index is -0.480. The van der Waals surface area contributed by atoms with Crippen molar-refractivity contribution in [3.63, 3.8) is 0 Å². The van der Waals surface area contributed by atoms with Crippen LogP contribution in [0.5, 0.6) is 0 Å². The van der Waals surface area contributed by atoms with Crippen molar-refractivity contribution in [1.29, 1.82) is 0 Å². The summed E-state index contributed by atoms with van der Waals surface area (Å²) in [4.78, 5) is 0. The quantitative estimate of drug-likeness (QED) is 0.855. The third-order valence-electron chi connectivity index (χ3n) is 2.79. The molecule has 0 aliphatic heterocycles. The zero-order chi connectivity index (χ0) is 12.3. The van der Waals surface area contributed by atoms with E-state index >= 15 is 0 Å². The Morgan fingerprint density at radius 2 is 2.12 bits per heavy atom. The van der Waals surface area contributed by atoms with E-state index in [1.165, 1.54) is 12.1 Å². The summed E-state index contributed by atoms with van der Waals surface area (Å²) in [5, 5.41) is 13.1. The van der Waals surface area contributed by atoms with Gasteiger partial charge in [0.2, 0.25) is 0 Å². The maximum atomic E-state index is 12.8. The molecular weight excluding hydrogens is 229 g/mol. The Hall–Kier alpha value is -0.640. The number of hydrogen-bond acceptors (Lipinski definition) is 2. The van der Waals surface area contributed by atoms with E-state index in [2.05, 4.69) is 5.32 Å². The average molecular weight is 246 g/mol. The molecule has 0 bridgehead atoms. The van der Waals surface area contributed by atoms with Gasteiger partial charge in [0.25, 0.3) is 0 Å². The Kier molecular flexibility index (Phi) is 4.30. The third kappa shape index (κ3) is 3.44. The lowest BCUT2D eigenvalue weighted by Gasteiger charge is -2.29. The van der Waals surface area contributed by atoms with Crippen LogP contribution < -0.4 is 5.32 Å². The number of rotatable bonds is 4. The van der Waals surface area contributed by atoms with Gasteiger partial charge in [-0.25, -0.2) is 4.39 Å². The smallest absolute Gasteiger partial charge is 0.124 e. The SMILES string of the molecule is CC(O)C(C)(C)NCc1ccc(F)cc1Cl. The van der Waals surface area contributed by atoms with Crippen molar-refractivity contribution < 1.29 is 9.50 Å². The summed E-state index contributed by atoms with van der Waals surface area (Å²) in [6.45, 7) is 6.01. The number of benzene rings is 1. The molecule has 90 valence electrons. The molecule has 0 fully saturated rings. The second-order valence-corrected chi connectivity index (χ2v) is 4.89. The molecule has 0 saturated carbocycles. The zero-order valence-electron chi connectivity index (χ0n) is 9.72. The molecule has 1 unspecified atom stereocenters. The van der Waals surface area contributed by atoms with E-state index in [0.29, 0.717) is 11.6 Å². The number of hydrogen-bond donors (Lipinski definition) is 2. The topological polar surface area (TPSA) is 32.3 Å². The molecule has 0 aromatic heterocycles. The first-order chi connectivity index (χ1) is 7.33. The van der Waals surface area contributed by atoms with Gasteiger partial charge in [0.1, 0.15) is 5.82 Å². The minimum Gasteiger partial charge on any atom is -0.392 e. The fourth-order valence-corrected chi connectivity index (χ4v) is 1.37. The summed E-state index contributed by atoms with van der Waals surface area (Å²) in [5.41, 5.74) is 0.411. The Labute approximate surface area is 100 Å². The van der Waals surface area contributed by atoms with Crippen LogP contribution in [0.2, 0.25) is 5.02 Å². The normalized spacial score (nSPS) is 13.9. The van der Waals surface area contributed by atoms with E-state index in [1.807, 2.05) is 13.8 Å². The second kappa shape index (κ2) is 5.13. The molecule has 1 rings (SSSR count). The van der Waals surface area contributed by atoms with Gasteiger partial charge in [-0.05, 0) is 38.5 Å². The highest BCUT2D eigenvalue weighted by Crippen LogP contribution is 2.18. The number of nitrogens with one attached hydrogen (secondary N) is 1. The van der Waals surface area contributed by atoms with Crippen LogP contribution in [-0.4, -0.2) is 16.7 Å². The van der Waals surface area contributed by atoms with Crippen LogP contribution in [0.1, 0.15) is 26.3 Å². The number of halogens is 2. The lowest BCUT2D eigenvalue weighted by atomic mass is 9.98. The van der Waals surface area contributed by atoms with E-state index in [4.69, 9.17) is 11.6 Å². The van der Waals surface area contributed by atoms with Crippen LogP contribution in [0, 0.1) is 5.82 Å². The van der Waals surface area contributed by atoms with E-state index in [9.17, 15) is 9.50 Å². The second-order valence-electron chi connectivity index (χ2n) is 4.49. The Bertz CT molecular complexity index is 366. The molecule has 0 saturated heterocycles. The molecule has 0 amide bonds. The molecule has 0 spiro atoms. The van der Waals surface area contributed by atoms with Crippen LogP contribution in [0.25, 0.3) is 0 Å². The van der Waals surface area contributed by atoms with Crippen molar-refractivity contribution >= 4 is 11.6 Å². The number of aliphatic hydroxyl groups excluding tert-OH is 1. The molecule has 16 heavy (non-hydrogen) atoms. The zero-order valence-corrected chi connectivity index (χ0v) is 10.5. The van der Waals surface area contributed by atoms with E-state index in [0.717, 1.165) is 5.56 Å². The fourth-order valence-electron chi connectivity index (χ4n) is 1.14. The van der Waals surface area contributed by atoms with Gasteiger partial charge in [-0.15, -0.1) is 0 Å². The van der Waals surface area contributed by atoms with Crippen molar-refractivity contribution in [2.45, 2.75) is 39.0 Å². The van der Waals surface area contributed by atoms with E-state index in [1.54, 1.807) is 13.0 Å². The largest absolute Gasteiger partial charge is 0.392 e. The molecule has 0 heterocycles. The van der Waals surface area contributed by atoms with Gasteiger partial charge >= 0.3 is 0 Å². The molecule has 0 aliphatic rings. The molecule has 0 aliphatic carbocycles. The van der Waals surface area contributed by atoms with Gasteiger partial charge in [0, 0.05) is 17.1 Å². The van der Waals surface area contributed by atoms with Crippen molar-refractivity contribution in [2.75, 3.05) is 0 Å². The van der Waals surface area contributed by atoms with Crippen LogP contribution in [-0.2, 0) is 6.54 Å². The molecule has 4 heteroatoms. The maximum Gasteiger partial charge on any atom is 0.124 e. The Balaban J connectivity index is 2.68. The summed E-state index contributed by atoms with van der Waals surface area (Å²) in [6, 6.07) is 4.30.